The van der Waals surface area contributed by atoms with E-state index in [4.69, 9.17) is 4.74 Å². The molecule has 1 unspecified atom stereocenters. The van der Waals surface area contributed by atoms with Gasteiger partial charge in [0.1, 0.15) is 0 Å². The summed E-state index contributed by atoms with van der Waals surface area (Å²) in [5.74, 6) is 0. The van der Waals surface area contributed by atoms with Gasteiger partial charge in [0.05, 0.1) is 6.61 Å². The van der Waals surface area contributed by atoms with Gasteiger partial charge in [-0.3, -0.25) is 0 Å². The molecule has 86 valence electrons. The second kappa shape index (κ2) is 11.0. The lowest BCUT2D eigenvalue weighted by molar-refractivity contribution is 0.196. The molecule has 3 heteroatoms. The lowest BCUT2D eigenvalue weighted by Crippen LogP contribution is -2.38. The SMILES string of the molecule is CCCCCNCC(C)NCCOC. The largest absolute Gasteiger partial charge is 0.383 e. The van der Waals surface area contributed by atoms with E-state index in [0.29, 0.717) is 6.04 Å². The van der Waals surface area contributed by atoms with Crippen molar-refractivity contribution in [3.05, 3.63) is 0 Å². The van der Waals surface area contributed by atoms with Crippen LogP contribution >= 0.6 is 0 Å². The van der Waals surface area contributed by atoms with Crippen molar-refractivity contribution in [2.75, 3.05) is 33.4 Å². The van der Waals surface area contributed by atoms with Crippen molar-refractivity contribution in [1.82, 2.24) is 10.6 Å². The molecule has 0 radical (unpaired) electrons. The van der Waals surface area contributed by atoms with Crippen molar-refractivity contribution < 1.29 is 4.74 Å². The minimum absolute atomic E-state index is 0.534. The zero-order valence-electron chi connectivity index (χ0n) is 9.94. The average molecular weight is 202 g/mol. The summed E-state index contributed by atoms with van der Waals surface area (Å²) in [7, 11) is 1.73. The first kappa shape index (κ1) is 13.9. The van der Waals surface area contributed by atoms with Crippen molar-refractivity contribution in [1.29, 1.82) is 0 Å². The highest BCUT2D eigenvalue weighted by Crippen LogP contribution is 1.91. The highest BCUT2D eigenvalue weighted by atomic mass is 16.5. The Morgan fingerprint density at radius 1 is 1.21 bits per heavy atom. The van der Waals surface area contributed by atoms with Crippen LogP contribution in [0, 0.1) is 0 Å². The normalized spacial score (nSPS) is 13.1. The van der Waals surface area contributed by atoms with E-state index in [9.17, 15) is 0 Å². The molecule has 0 bridgehead atoms. The fourth-order valence-corrected chi connectivity index (χ4v) is 1.30. The Kier molecular flexibility index (Phi) is 10.9. The van der Waals surface area contributed by atoms with Crippen LogP contribution < -0.4 is 10.6 Å². The van der Waals surface area contributed by atoms with E-state index in [1.807, 2.05) is 0 Å². The lowest BCUT2D eigenvalue weighted by Gasteiger charge is -2.14. The molecule has 3 nitrogen and oxygen atoms in total. The summed E-state index contributed by atoms with van der Waals surface area (Å²) in [5.41, 5.74) is 0. The van der Waals surface area contributed by atoms with Crippen LogP contribution in [0.5, 0.6) is 0 Å². The Hall–Kier alpha value is -0.120. The summed E-state index contributed by atoms with van der Waals surface area (Å²) in [6, 6.07) is 0.534. The van der Waals surface area contributed by atoms with Crippen LogP contribution in [0.25, 0.3) is 0 Å². The lowest BCUT2D eigenvalue weighted by atomic mass is 10.2. The molecule has 1 atom stereocenters. The monoisotopic (exact) mass is 202 g/mol. The minimum Gasteiger partial charge on any atom is -0.383 e. The average Bonchev–Trinajstić information content (AvgIpc) is 2.18. The molecule has 0 aliphatic heterocycles. The maximum Gasteiger partial charge on any atom is 0.0587 e. The summed E-state index contributed by atoms with van der Waals surface area (Å²) in [6.07, 6.45) is 3.92. The number of methoxy groups -OCH3 is 1. The van der Waals surface area contributed by atoms with E-state index < -0.39 is 0 Å². The molecule has 0 fully saturated rings. The van der Waals surface area contributed by atoms with Gasteiger partial charge in [0.15, 0.2) is 0 Å². The van der Waals surface area contributed by atoms with Crippen LogP contribution in [-0.4, -0.2) is 39.4 Å². The van der Waals surface area contributed by atoms with Gasteiger partial charge in [-0.05, 0) is 19.9 Å². The number of unbranched alkanes of at least 4 members (excludes halogenated alkanes) is 2. The zero-order valence-corrected chi connectivity index (χ0v) is 9.94. The third-order valence-electron chi connectivity index (χ3n) is 2.21. The van der Waals surface area contributed by atoms with E-state index in [-0.39, 0.29) is 0 Å². The standard InChI is InChI=1S/C11H26N2O/c1-4-5-6-7-12-10-11(2)13-8-9-14-3/h11-13H,4-10H2,1-3H3. The van der Waals surface area contributed by atoms with Crippen LogP contribution in [0.2, 0.25) is 0 Å². The molecule has 0 aromatic rings. The summed E-state index contributed by atoms with van der Waals surface area (Å²) in [4.78, 5) is 0. The minimum atomic E-state index is 0.534. The van der Waals surface area contributed by atoms with E-state index in [1.54, 1.807) is 7.11 Å². The van der Waals surface area contributed by atoms with E-state index >= 15 is 0 Å². The van der Waals surface area contributed by atoms with E-state index in [2.05, 4.69) is 24.5 Å². The van der Waals surface area contributed by atoms with Gasteiger partial charge in [0, 0.05) is 26.2 Å². The van der Waals surface area contributed by atoms with Crippen molar-refractivity contribution >= 4 is 0 Å². The van der Waals surface area contributed by atoms with E-state index in [1.165, 1.54) is 19.3 Å². The third-order valence-corrected chi connectivity index (χ3v) is 2.21. The van der Waals surface area contributed by atoms with Crippen molar-refractivity contribution in [3.63, 3.8) is 0 Å². The molecule has 0 spiro atoms. The first-order valence-corrected chi connectivity index (χ1v) is 5.74. The van der Waals surface area contributed by atoms with Crippen molar-refractivity contribution in [3.8, 4) is 0 Å². The molecule has 0 aromatic heterocycles. The predicted octanol–water partition coefficient (Wildman–Crippen LogP) is 1.39. The van der Waals surface area contributed by atoms with Crippen LogP contribution in [0.15, 0.2) is 0 Å². The molecule has 14 heavy (non-hydrogen) atoms. The maximum atomic E-state index is 4.97. The number of hydrogen-bond donors (Lipinski definition) is 2. The summed E-state index contributed by atoms with van der Waals surface area (Å²) >= 11 is 0. The smallest absolute Gasteiger partial charge is 0.0587 e. The first-order chi connectivity index (χ1) is 6.81. The Morgan fingerprint density at radius 2 is 2.00 bits per heavy atom. The molecule has 0 saturated carbocycles. The van der Waals surface area contributed by atoms with Gasteiger partial charge in [-0.2, -0.15) is 0 Å². The fourth-order valence-electron chi connectivity index (χ4n) is 1.30. The molecule has 0 rings (SSSR count). The van der Waals surface area contributed by atoms with Gasteiger partial charge in [-0.15, -0.1) is 0 Å². The third kappa shape index (κ3) is 9.96. The van der Waals surface area contributed by atoms with Gasteiger partial charge < -0.3 is 15.4 Å². The fraction of sp³-hybridized carbons (Fsp3) is 1.00. The molecular formula is C11H26N2O. The van der Waals surface area contributed by atoms with Gasteiger partial charge in [-0.25, -0.2) is 0 Å². The first-order valence-electron chi connectivity index (χ1n) is 5.74. The highest BCUT2D eigenvalue weighted by Gasteiger charge is 1.98. The number of ether oxygens (including phenoxy) is 1. The van der Waals surface area contributed by atoms with Crippen LogP contribution in [0.1, 0.15) is 33.1 Å². The molecule has 2 N–H and O–H groups in total. The quantitative estimate of drug-likeness (QED) is 0.525. The zero-order chi connectivity index (χ0) is 10.6. The van der Waals surface area contributed by atoms with Crippen LogP contribution in [-0.2, 0) is 4.74 Å². The van der Waals surface area contributed by atoms with Crippen LogP contribution in [0.4, 0.5) is 0 Å². The van der Waals surface area contributed by atoms with Gasteiger partial charge in [-0.1, -0.05) is 19.8 Å². The Morgan fingerprint density at radius 3 is 2.64 bits per heavy atom. The van der Waals surface area contributed by atoms with Crippen LogP contribution in [0.3, 0.4) is 0 Å². The maximum absolute atomic E-state index is 4.97. The number of hydrogen-bond acceptors (Lipinski definition) is 3. The Labute approximate surface area is 88.6 Å². The molecule has 0 amide bonds. The highest BCUT2D eigenvalue weighted by molar-refractivity contribution is 4.63. The van der Waals surface area contributed by atoms with E-state index in [0.717, 1.165) is 26.2 Å². The Balaban J connectivity index is 3.06. The summed E-state index contributed by atoms with van der Waals surface area (Å²) < 4.78 is 4.97. The van der Waals surface area contributed by atoms with Gasteiger partial charge >= 0.3 is 0 Å². The number of rotatable bonds is 10. The second-order valence-corrected chi connectivity index (χ2v) is 3.76. The summed E-state index contributed by atoms with van der Waals surface area (Å²) in [5, 5.41) is 6.83. The predicted molar refractivity (Wildman–Crippen MR) is 61.7 cm³/mol. The topological polar surface area (TPSA) is 33.3 Å². The molecule has 0 aliphatic carbocycles. The van der Waals surface area contributed by atoms with Gasteiger partial charge in [0.25, 0.3) is 0 Å². The second-order valence-electron chi connectivity index (χ2n) is 3.76. The summed E-state index contributed by atoms with van der Waals surface area (Å²) in [6.45, 7) is 8.35. The number of nitrogens with one attached hydrogen (secondary N) is 2. The molecule has 0 saturated heterocycles. The van der Waals surface area contributed by atoms with Crippen molar-refractivity contribution in [2.45, 2.75) is 39.2 Å². The molecular weight excluding hydrogens is 176 g/mol. The van der Waals surface area contributed by atoms with Crippen molar-refractivity contribution in [2.24, 2.45) is 0 Å². The Bertz CT molecular complexity index is 109. The molecule has 0 aliphatic rings. The van der Waals surface area contributed by atoms with Gasteiger partial charge in [0.2, 0.25) is 0 Å². The molecule has 0 heterocycles. The molecule has 0 aromatic carbocycles.